The number of nitrogens with one attached hydrogen (secondary N) is 2. The lowest BCUT2D eigenvalue weighted by molar-refractivity contribution is 0.150. The van der Waals surface area contributed by atoms with Crippen molar-refractivity contribution < 1.29 is 9.53 Å². The van der Waals surface area contributed by atoms with Crippen molar-refractivity contribution in [2.45, 2.75) is 51.2 Å². The van der Waals surface area contributed by atoms with Crippen molar-refractivity contribution in [3.8, 4) is 5.75 Å². The Morgan fingerprint density at radius 3 is 2.61 bits per heavy atom. The maximum Gasteiger partial charge on any atom is 0.318 e. The fourth-order valence-corrected chi connectivity index (χ4v) is 4.29. The predicted octanol–water partition coefficient (Wildman–Crippen LogP) is 4.58. The van der Waals surface area contributed by atoms with E-state index >= 15 is 0 Å². The molecule has 0 aliphatic heterocycles. The number of nitrogens with zero attached hydrogens (tertiary/aromatic N) is 1. The zero-order valence-electron chi connectivity index (χ0n) is 17.9. The highest BCUT2D eigenvalue weighted by molar-refractivity contribution is 5.81. The van der Waals surface area contributed by atoms with Gasteiger partial charge in [0.15, 0.2) is 0 Å². The zero-order chi connectivity index (χ0) is 21.6. The number of ether oxygens (including phenoxy) is 1. The SMILES string of the molecule is COc1ccc2[nH]c(=O)c(CN(C(=O)NCc3ccccc3)C3CCCCC3)cc2c1. The zero-order valence-corrected chi connectivity index (χ0v) is 17.9. The van der Waals surface area contributed by atoms with Gasteiger partial charge in [0.1, 0.15) is 5.75 Å². The number of aromatic amines is 1. The molecular formula is C25H29N3O3. The van der Waals surface area contributed by atoms with Gasteiger partial charge in [-0.1, -0.05) is 49.6 Å². The Morgan fingerprint density at radius 2 is 1.87 bits per heavy atom. The number of hydrogen-bond acceptors (Lipinski definition) is 3. The van der Waals surface area contributed by atoms with Crippen LogP contribution in [-0.2, 0) is 13.1 Å². The third-order valence-corrected chi connectivity index (χ3v) is 6.03. The molecule has 1 saturated carbocycles. The first-order valence-electron chi connectivity index (χ1n) is 10.9. The van der Waals surface area contributed by atoms with Gasteiger partial charge in [0.05, 0.1) is 13.7 Å². The van der Waals surface area contributed by atoms with E-state index in [1.165, 1.54) is 6.42 Å². The van der Waals surface area contributed by atoms with Crippen molar-refractivity contribution in [1.82, 2.24) is 15.2 Å². The molecule has 1 fully saturated rings. The lowest BCUT2D eigenvalue weighted by Gasteiger charge is -2.34. The van der Waals surface area contributed by atoms with Gasteiger partial charge in [0.2, 0.25) is 0 Å². The molecule has 6 heteroatoms. The number of H-pyrrole nitrogens is 1. The Hall–Kier alpha value is -3.28. The number of methoxy groups -OCH3 is 1. The molecule has 162 valence electrons. The summed E-state index contributed by atoms with van der Waals surface area (Å²) >= 11 is 0. The molecule has 0 unspecified atom stereocenters. The lowest BCUT2D eigenvalue weighted by atomic mass is 9.94. The molecule has 0 saturated heterocycles. The van der Waals surface area contributed by atoms with E-state index in [4.69, 9.17) is 4.74 Å². The number of hydrogen-bond donors (Lipinski definition) is 2. The quantitative estimate of drug-likeness (QED) is 0.614. The molecule has 2 aromatic carbocycles. The van der Waals surface area contributed by atoms with Crippen molar-refractivity contribution >= 4 is 16.9 Å². The second-order valence-corrected chi connectivity index (χ2v) is 8.14. The number of aromatic nitrogens is 1. The van der Waals surface area contributed by atoms with Gasteiger partial charge in [-0.25, -0.2) is 4.79 Å². The van der Waals surface area contributed by atoms with Crippen LogP contribution in [0.5, 0.6) is 5.75 Å². The molecule has 0 bridgehead atoms. The molecule has 2 amide bonds. The Balaban J connectivity index is 1.58. The first-order valence-corrected chi connectivity index (χ1v) is 10.9. The van der Waals surface area contributed by atoms with E-state index in [-0.39, 0.29) is 24.2 Å². The average molecular weight is 420 g/mol. The maximum atomic E-state index is 13.2. The molecule has 2 N–H and O–H groups in total. The van der Waals surface area contributed by atoms with Crippen molar-refractivity contribution in [2.24, 2.45) is 0 Å². The molecule has 0 spiro atoms. The summed E-state index contributed by atoms with van der Waals surface area (Å²) in [7, 11) is 1.62. The Labute approximate surface area is 182 Å². The van der Waals surface area contributed by atoms with Crippen LogP contribution in [0, 0.1) is 0 Å². The van der Waals surface area contributed by atoms with Crippen LogP contribution in [0.4, 0.5) is 4.79 Å². The lowest BCUT2D eigenvalue weighted by Crippen LogP contribution is -2.47. The summed E-state index contributed by atoms with van der Waals surface area (Å²) in [6, 6.07) is 17.3. The van der Waals surface area contributed by atoms with E-state index in [1.807, 2.05) is 59.5 Å². The number of carbonyl (C=O) groups excluding carboxylic acids is 1. The summed E-state index contributed by atoms with van der Waals surface area (Å²) in [5.41, 5.74) is 2.23. The van der Waals surface area contributed by atoms with Crippen LogP contribution < -0.4 is 15.6 Å². The fraction of sp³-hybridized carbons (Fsp3) is 0.360. The smallest absolute Gasteiger partial charge is 0.318 e. The van der Waals surface area contributed by atoms with Gasteiger partial charge in [0, 0.05) is 29.1 Å². The molecule has 4 rings (SSSR count). The molecule has 1 aliphatic carbocycles. The number of urea groups is 1. The van der Waals surface area contributed by atoms with Gasteiger partial charge in [-0.2, -0.15) is 0 Å². The minimum Gasteiger partial charge on any atom is -0.497 e. The van der Waals surface area contributed by atoms with Crippen LogP contribution in [0.2, 0.25) is 0 Å². The van der Waals surface area contributed by atoms with Crippen LogP contribution in [0.15, 0.2) is 59.4 Å². The van der Waals surface area contributed by atoms with Crippen molar-refractivity contribution in [2.75, 3.05) is 7.11 Å². The average Bonchev–Trinajstić information content (AvgIpc) is 2.82. The van der Waals surface area contributed by atoms with E-state index in [1.54, 1.807) is 7.11 Å². The van der Waals surface area contributed by atoms with Crippen molar-refractivity contribution in [3.63, 3.8) is 0 Å². The minimum absolute atomic E-state index is 0.124. The van der Waals surface area contributed by atoms with Gasteiger partial charge >= 0.3 is 6.03 Å². The van der Waals surface area contributed by atoms with Gasteiger partial charge in [0.25, 0.3) is 5.56 Å². The van der Waals surface area contributed by atoms with Gasteiger partial charge in [-0.15, -0.1) is 0 Å². The largest absolute Gasteiger partial charge is 0.497 e. The third-order valence-electron chi connectivity index (χ3n) is 6.03. The number of fused-ring (bicyclic) bond motifs is 1. The number of carbonyl (C=O) groups is 1. The molecule has 1 heterocycles. The second kappa shape index (κ2) is 9.69. The minimum atomic E-state index is -0.158. The third kappa shape index (κ3) is 5.08. The van der Waals surface area contributed by atoms with Crippen LogP contribution in [0.1, 0.15) is 43.2 Å². The summed E-state index contributed by atoms with van der Waals surface area (Å²) in [6.45, 7) is 0.752. The first-order chi connectivity index (χ1) is 15.1. The molecule has 0 radical (unpaired) electrons. The topological polar surface area (TPSA) is 74.4 Å². The normalized spacial score (nSPS) is 14.4. The van der Waals surface area contributed by atoms with Gasteiger partial charge in [-0.3, -0.25) is 4.79 Å². The molecule has 31 heavy (non-hydrogen) atoms. The Bertz CT molecular complexity index is 1090. The molecule has 6 nitrogen and oxygen atoms in total. The van der Waals surface area contributed by atoms with Crippen LogP contribution in [-0.4, -0.2) is 29.1 Å². The number of amides is 2. The molecule has 1 aliphatic rings. The van der Waals surface area contributed by atoms with Crippen molar-refractivity contribution in [3.05, 3.63) is 76.1 Å². The molecular weight excluding hydrogens is 390 g/mol. The Morgan fingerprint density at radius 1 is 1.10 bits per heavy atom. The van der Waals surface area contributed by atoms with Crippen LogP contribution >= 0.6 is 0 Å². The standard InChI is InChI=1S/C25H29N3O3/c1-31-22-12-13-23-19(15-22)14-20(24(29)27-23)17-28(21-10-6-3-7-11-21)25(30)26-16-18-8-4-2-5-9-18/h2,4-5,8-9,12-15,21H,3,6-7,10-11,16-17H2,1H3,(H,26,30)(H,27,29). The highest BCUT2D eigenvalue weighted by Crippen LogP contribution is 2.25. The van der Waals surface area contributed by atoms with E-state index < -0.39 is 0 Å². The summed E-state index contributed by atoms with van der Waals surface area (Å²) < 4.78 is 5.31. The highest BCUT2D eigenvalue weighted by atomic mass is 16.5. The van der Waals surface area contributed by atoms with Crippen LogP contribution in [0.3, 0.4) is 0 Å². The van der Waals surface area contributed by atoms with E-state index in [0.29, 0.717) is 12.1 Å². The van der Waals surface area contributed by atoms with E-state index in [0.717, 1.165) is 47.9 Å². The van der Waals surface area contributed by atoms with E-state index in [2.05, 4.69) is 10.3 Å². The predicted molar refractivity (Wildman–Crippen MR) is 122 cm³/mol. The number of benzene rings is 2. The summed E-state index contributed by atoms with van der Waals surface area (Å²) in [5, 5.41) is 3.94. The first kappa shape index (κ1) is 21.0. The Kier molecular flexibility index (Phi) is 6.55. The summed E-state index contributed by atoms with van der Waals surface area (Å²) in [4.78, 5) is 30.7. The van der Waals surface area contributed by atoms with E-state index in [9.17, 15) is 9.59 Å². The molecule has 1 aromatic heterocycles. The molecule has 0 atom stereocenters. The highest BCUT2D eigenvalue weighted by Gasteiger charge is 2.26. The summed E-state index contributed by atoms with van der Waals surface area (Å²) in [6.07, 6.45) is 5.36. The summed E-state index contributed by atoms with van der Waals surface area (Å²) in [5.74, 6) is 0.732. The van der Waals surface area contributed by atoms with Gasteiger partial charge < -0.3 is 19.9 Å². The number of pyridine rings is 1. The number of rotatable bonds is 6. The fourth-order valence-electron chi connectivity index (χ4n) is 4.29. The monoisotopic (exact) mass is 419 g/mol. The maximum absolute atomic E-state index is 13.2. The van der Waals surface area contributed by atoms with Crippen molar-refractivity contribution in [1.29, 1.82) is 0 Å². The van der Waals surface area contributed by atoms with Crippen LogP contribution in [0.25, 0.3) is 10.9 Å². The molecule has 3 aromatic rings. The van der Waals surface area contributed by atoms with Gasteiger partial charge in [-0.05, 0) is 42.7 Å². The second-order valence-electron chi connectivity index (χ2n) is 8.14.